The normalized spacial score (nSPS) is 13.5. The van der Waals surface area contributed by atoms with Gasteiger partial charge in [-0.1, -0.05) is 0 Å². The van der Waals surface area contributed by atoms with Gasteiger partial charge < -0.3 is 19.1 Å². The lowest BCUT2D eigenvalue weighted by atomic mass is 10.1. The van der Waals surface area contributed by atoms with Crippen LogP contribution in [0.1, 0.15) is 11.4 Å². The quantitative estimate of drug-likeness (QED) is 0.414. The number of amides is 1. The monoisotopic (exact) mass is 466 g/mol. The number of ether oxygens (including phenoxy) is 1. The van der Waals surface area contributed by atoms with Crippen molar-refractivity contribution >= 4 is 17.2 Å². The highest BCUT2D eigenvalue weighted by molar-refractivity contribution is 5.93. The molecular formula is C25H22N8O2. The number of nitrogens with zero attached hydrogens (tertiary/aromatic N) is 8. The first-order chi connectivity index (χ1) is 17.1. The van der Waals surface area contributed by atoms with Gasteiger partial charge in [0.2, 0.25) is 0 Å². The summed E-state index contributed by atoms with van der Waals surface area (Å²) in [5.41, 5.74) is 2.78. The number of hydrogen-bond acceptors (Lipinski definition) is 7. The summed E-state index contributed by atoms with van der Waals surface area (Å²) in [6.45, 7) is 2.73. The maximum Gasteiger partial charge on any atom is 0.298 e. The van der Waals surface area contributed by atoms with Gasteiger partial charge in [0.15, 0.2) is 0 Å². The van der Waals surface area contributed by atoms with Gasteiger partial charge in [-0.3, -0.25) is 4.79 Å². The Morgan fingerprint density at radius 3 is 2.69 bits per heavy atom. The van der Waals surface area contributed by atoms with Crippen molar-refractivity contribution in [1.82, 2.24) is 29.0 Å². The highest BCUT2D eigenvalue weighted by Crippen LogP contribution is 2.31. The number of imidazole rings is 1. The molecule has 0 aliphatic carbocycles. The third kappa shape index (κ3) is 4.25. The Morgan fingerprint density at radius 1 is 1.20 bits per heavy atom. The second-order valence-corrected chi connectivity index (χ2v) is 8.12. The molecule has 1 amide bonds. The smallest absolute Gasteiger partial charge is 0.298 e. The molecule has 5 heterocycles. The van der Waals surface area contributed by atoms with E-state index in [1.807, 2.05) is 36.0 Å². The van der Waals surface area contributed by atoms with Crippen LogP contribution in [0, 0.1) is 23.7 Å². The van der Waals surface area contributed by atoms with E-state index in [-0.39, 0.29) is 5.91 Å². The Bertz CT molecular complexity index is 1460. The van der Waals surface area contributed by atoms with Gasteiger partial charge in [-0.2, -0.15) is 10.4 Å². The van der Waals surface area contributed by atoms with Crippen molar-refractivity contribution in [3.63, 3.8) is 0 Å². The van der Waals surface area contributed by atoms with Gasteiger partial charge in [-0.05, 0) is 24.1 Å². The summed E-state index contributed by atoms with van der Waals surface area (Å²) < 4.78 is 9.54. The predicted octanol–water partition coefficient (Wildman–Crippen LogP) is 1.86. The number of aryl methyl sites for hydroxylation is 1. The summed E-state index contributed by atoms with van der Waals surface area (Å²) in [7, 11) is 1.91. The molecule has 0 saturated carbocycles. The van der Waals surface area contributed by atoms with Crippen LogP contribution in [0.3, 0.4) is 0 Å². The molecule has 1 aliphatic heterocycles. The highest BCUT2D eigenvalue weighted by Gasteiger charge is 2.21. The number of hydrogen-bond donors (Lipinski definition) is 0. The van der Waals surface area contributed by atoms with Crippen molar-refractivity contribution < 1.29 is 9.53 Å². The van der Waals surface area contributed by atoms with Crippen LogP contribution in [0.4, 0.5) is 5.82 Å². The van der Waals surface area contributed by atoms with E-state index in [1.54, 1.807) is 34.2 Å². The van der Waals surface area contributed by atoms with Crippen molar-refractivity contribution in [3.8, 4) is 35.3 Å². The molecule has 10 nitrogen and oxygen atoms in total. The molecule has 0 unspecified atom stereocenters. The first kappa shape index (κ1) is 22.0. The summed E-state index contributed by atoms with van der Waals surface area (Å²) in [6.07, 6.45) is 13.9. The number of nitriles is 1. The van der Waals surface area contributed by atoms with Crippen molar-refractivity contribution in [3.05, 3.63) is 60.6 Å². The van der Waals surface area contributed by atoms with E-state index in [9.17, 15) is 10.1 Å². The summed E-state index contributed by atoms with van der Waals surface area (Å²) in [4.78, 5) is 24.5. The van der Waals surface area contributed by atoms with Crippen molar-refractivity contribution in [2.24, 2.45) is 7.05 Å². The zero-order valence-corrected chi connectivity index (χ0v) is 19.1. The molecule has 1 aliphatic rings. The van der Waals surface area contributed by atoms with Gasteiger partial charge >= 0.3 is 0 Å². The minimum atomic E-state index is -0.281. The number of rotatable bonds is 5. The SMILES string of the molecule is C#CC(=O)N1CCN(c2ccc(-c3cc(OCc4nccn4C)cn4ncc(C#N)c34)cn2)CC1. The number of fused-ring (bicyclic) bond motifs is 1. The zero-order chi connectivity index (χ0) is 24.4. The van der Waals surface area contributed by atoms with E-state index in [2.05, 4.69) is 32.0 Å². The maximum absolute atomic E-state index is 11.7. The third-order valence-corrected chi connectivity index (χ3v) is 6.07. The second kappa shape index (κ2) is 9.20. The van der Waals surface area contributed by atoms with Crippen molar-refractivity contribution in [2.75, 3.05) is 31.1 Å². The van der Waals surface area contributed by atoms with E-state index in [4.69, 9.17) is 11.2 Å². The second-order valence-electron chi connectivity index (χ2n) is 8.12. The Labute approximate surface area is 202 Å². The summed E-state index contributed by atoms with van der Waals surface area (Å²) in [5.74, 6) is 4.09. The molecule has 1 fully saturated rings. The number of piperazine rings is 1. The molecule has 174 valence electrons. The molecule has 10 heteroatoms. The van der Waals surface area contributed by atoms with Gasteiger partial charge in [0.25, 0.3) is 5.91 Å². The van der Waals surface area contributed by atoms with Gasteiger partial charge in [0, 0.05) is 62.9 Å². The summed E-state index contributed by atoms with van der Waals surface area (Å²) >= 11 is 0. The van der Waals surface area contributed by atoms with Crippen LogP contribution in [0.15, 0.2) is 49.2 Å². The van der Waals surface area contributed by atoms with Crippen LogP contribution < -0.4 is 9.64 Å². The van der Waals surface area contributed by atoms with E-state index in [0.29, 0.717) is 49.6 Å². The zero-order valence-electron chi connectivity index (χ0n) is 19.1. The molecule has 5 rings (SSSR count). The van der Waals surface area contributed by atoms with Crippen LogP contribution in [0.2, 0.25) is 0 Å². The molecule has 0 aromatic carbocycles. The van der Waals surface area contributed by atoms with Gasteiger partial charge in [0.1, 0.15) is 30.1 Å². The molecule has 0 atom stereocenters. The minimum Gasteiger partial charge on any atom is -0.484 e. The number of carbonyl (C=O) groups is 1. The topological polar surface area (TPSA) is 105 Å². The number of pyridine rings is 2. The van der Waals surface area contributed by atoms with E-state index in [0.717, 1.165) is 22.8 Å². The van der Waals surface area contributed by atoms with E-state index < -0.39 is 0 Å². The highest BCUT2D eigenvalue weighted by atomic mass is 16.5. The maximum atomic E-state index is 11.7. The average molecular weight is 467 g/mol. The minimum absolute atomic E-state index is 0.281. The fourth-order valence-corrected chi connectivity index (χ4v) is 4.12. The molecule has 4 aromatic rings. The molecule has 0 spiro atoms. The van der Waals surface area contributed by atoms with Crippen molar-refractivity contribution in [2.45, 2.75) is 6.61 Å². The molecular weight excluding hydrogens is 444 g/mol. The standard InChI is InChI=1S/C25H22N8O2/c1-3-24(34)32-10-8-31(9-11-32)22-5-4-18(14-28-22)21-12-20(35-17-23-27-6-7-30(23)2)16-33-25(21)19(13-26)15-29-33/h1,4-7,12,14-16H,8-11,17H2,2H3. The van der Waals surface area contributed by atoms with Crippen molar-refractivity contribution in [1.29, 1.82) is 5.26 Å². The third-order valence-electron chi connectivity index (χ3n) is 6.07. The number of terminal acetylenes is 1. The first-order valence-electron chi connectivity index (χ1n) is 11.0. The van der Waals surface area contributed by atoms with Crippen LogP contribution >= 0.6 is 0 Å². The molecule has 4 aromatic heterocycles. The Morgan fingerprint density at radius 2 is 2.03 bits per heavy atom. The summed E-state index contributed by atoms with van der Waals surface area (Å²) in [6, 6.07) is 8.01. The summed E-state index contributed by atoms with van der Waals surface area (Å²) in [5, 5.41) is 13.9. The molecule has 0 N–H and O–H groups in total. The van der Waals surface area contributed by atoms with Crippen LogP contribution in [0.25, 0.3) is 16.6 Å². The molecule has 0 radical (unpaired) electrons. The largest absolute Gasteiger partial charge is 0.484 e. The Balaban J connectivity index is 1.42. The number of aromatic nitrogens is 5. The molecule has 0 bridgehead atoms. The average Bonchev–Trinajstić information content (AvgIpc) is 3.52. The van der Waals surface area contributed by atoms with Gasteiger partial charge in [0.05, 0.1) is 23.5 Å². The Kier molecular flexibility index (Phi) is 5.78. The lowest BCUT2D eigenvalue weighted by Crippen LogP contribution is -2.48. The first-order valence-corrected chi connectivity index (χ1v) is 11.0. The Hall–Kier alpha value is -4.83. The fraction of sp³-hybridized carbons (Fsp3) is 0.240. The van der Waals surface area contributed by atoms with Crippen LogP contribution in [-0.4, -0.2) is 61.1 Å². The van der Waals surface area contributed by atoms with Crippen LogP contribution in [0.5, 0.6) is 5.75 Å². The molecule has 35 heavy (non-hydrogen) atoms. The lowest BCUT2D eigenvalue weighted by molar-refractivity contribution is -0.125. The van der Waals surface area contributed by atoms with Gasteiger partial charge in [-0.15, -0.1) is 6.42 Å². The van der Waals surface area contributed by atoms with E-state index in [1.165, 1.54) is 0 Å². The number of anilines is 1. The van der Waals surface area contributed by atoms with E-state index >= 15 is 0 Å². The van der Waals surface area contributed by atoms with Crippen LogP contribution in [-0.2, 0) is 18.4 Å². The van der Waals surface area contributed by atoms with Gasteiger partial charge in [-0.25, -0.2) is 14.5 Å². The fourth-order valence-electron chi connectivity index (χ4n) is 4.12. The lowest BCUT2D eigenvalue weighted by Gasteiger charge is -2.34. The predicted molar refractivity (Wildman–Crippen MR) is 128 cm³/mol. The number of carbonyl (C=O) groups excluding carboxylic acids is 1. The molecule has 1 saturated heterocycles.